The second-order valence-electron chi connectivity index (χ2n) is 2.87. The van der Waals surface area contributed by atoms with Gasteiger partial charge in [0.25, 0.3) is 0 Å². The van der Waals surface area contributed by atoms with Crippen LogP contribution >= 0.6 is 22.9 Å². The molecule has 0 aliphatic carbocycles. The number of rotatable bonds is 0. The highest BCUT2D eigenvalue weighted by Crippen LogP contribution is 2.24. The maximum Gasteiger partial charge on any atom is 0.0376 e. The highest BCUT2D eigenvalue weighted by Gasteiger charge is 2.16. The van der Waals surface area contributed by atoms with Crippen molar-refractivity contribution in [3.8, 4) is 0 Å². The van der Waals surface area contributed by atoms with E-state index in [1.54, 1.807) is 0 Å². The lowest BCUT2D eigenvalue weighted by atomic mass is 10.2. The summed E-state index contributed by atoms with van der Waals surface area (Å²) in [6.45, 7) is 4.15. The molecule has 0 aromatic carbocycles. The lowest BCUT2D eigenvalue weighted by Crippen LogP contribution is -1.97. The Balaban J connectivity index is 2.43. The predicted octanol–water partition coefficient (Wildman–Crippen LogP) is 2.06. The lowest BCUT2D eigenvalue weighted by Gasteiger charge is -1.99. The van der Waals surface area contributed by atoms with Gasteiger partial charge in [-0.15, -0.1) is 0 Å². The first-order valence-electron chi connectivity index (χ1n) is 3.61. The van der Waals surface area contributed by atoms with E-state index in [1.165, 1.54) is 11.1 Å². The molecule has 11 heavy (non-hydrogen) atoms. The van der Waals surface area contributed by atoms with Crippen LogP contribution in [0, 0.1) is 6.92 Å². The lowest BCUT2D eigenvalue weighted by molar-refractivity contribution is 0.554. The van der Waals surface area contributed by atoms with Crippen LogP contribution in [0.4, 0.5) is 0 Å². The Bertz CT molecular complexity index is 285. The Morgan fingerprint density at radius 1 is 1.45 bits per heavy atom. The van der Waals surface area contributed by atoms with Crippen LogP contribution in [0.15, 0.2) is 12.3 Å². The molecule has 0 bridgehead atoms. The fourth-order valence-electron chi connectivity index (χ4n) is 1.36. The fraction of sp³-hybridized carbons (Fsp3) is 0.375. The molecule has 0 amide bonds. The average molecular weight is 260 g/mol. The van der Waals surface area contributed by atoms with Crippen LogP contribution in [0.5, 0.6) is 0 Å². The second kappa shape index (κ2) is 2.71. The van der Waals surface area contributed by atoms with Gasteiger partial charge in [-0.1, -0.05) is 0 Å². The van der Waals surface area contributed by atoms with Crippen molar-refractivity contribution in [3.63, 3.8) is 0 Å². The number of aryl methyl sites for hydroxylation is 1. The van der Waals surface area contributed by atoms with Gasteiger partial charge in [-0.25, -0.2) is 3.11 Å². The molecule has 0 spiro atoms. The third kappa shape index (κ3) is 1.39. The summed E-state index contributed by atoms with van der Waals surface area (Å²) in [6.07, 6.45) is 1.99. The van der Waals surface area contributed by atoms with E-state index in [0.29, 0.717) is 0 Å². The highest BCUT2D eigenvalue weighted by atomic mass is 127. The van der Waals surface area contributed by atoms with Crippen LogP contribution in [-0.2, 0) is 13.1 Å². The fourth-order valence-corrected chi connectivity index (χ4v) is 2.09. The van der Waals surface area contributed by atoms with Gasteiger partial charge in [0, 0.05) is 47.8 Å². The van der Waals surface area contributed by atoms with E-state index in [9.17, 15) is 0 Å². The molecule has 58 valence electrons. The standard InChI is InChI=1S/C8H9IN2/c1-6-2-7-4-11(9)5-8(7)3-10-6/h2-3H,4-5H2,1H3. The molecule has 1 aliphatic rings. The quantitative estimate of drug-likeness (QED) is 0.524. The maximum atomic E-state index is 4.26. The predicted molar refractivity (Wildman–Crippen MR) is 52.2 cm³/mol. The number of nitrogens with zero attached hydrogens (tertiary/aromatic N) is 2. The summed E-state index contributed by atoms with van der Waals surface area (Å²) in [7, 11) is 0. The molecular weight excluding hydrogens is 251 g/mol. The monoisotopic (exact) mass is 260 g/mol. The van der Waals surface area contributed by atoms with Crippen molar-refractivity contribution < 1.29 is 0 Å². The zero-order valence-electron chi connectivity index (χ0n) is 6.34. The van der Waals surface area contributed by atoms with Gasteiger partial charge >= 0.3 is 0 Å². The first-order valence-corrected chi connectivity index (χ1v) is 4.57. The smallest absolute Gasteiger partial charge is 0.0376 e. The minimum absolute atomic E-state index is 1.04. The van der Waals surface area contributed by atoms with E-state index < -0.39 is 0 Å². The molecular formula is C8H9IN2. The summed E-state index contributed by atoms with van der Waals surface area (Å²) in [5, 5.41) is 0. The molecule has 1 aromatic rings. The number of aromatic nitrogens is 1. The molecule has 0 saturated carbocycles. The molecule has 1 aliphatic heterocycles. The van der Waals surface area contributed by atoms with E-state index in [2.05, 4.69) is 37.0 Å². The molecule has 0 N–H and O–H groups in total. The van der Waals surface area contributed by atoms with Crippen molar-refractivity contribution >= 4 is 22.9 Å². The second-order valence-corrected chi connectivity index (χ2v) is 4.24. The third-order valence-electron chi connectivity index (χ3n) is 1.90. The van der Waals surface area contributed by atoms with Gasteiger partial charge in [0.05, 0.1) is 0 Å². The van der Waals surface area contributed by atoms with E-state index in [-0.39, 0.29) is 0 Å². The summed E-state index contributed by atoms with van der Waals surface area (Å²) in [6, 6.07) is 2.17. The van der Waals surface area contributed by atoms with Gasteiger partial charge in [0.1, 0.15) is 0 Å². The zero-order chi connectivity index (χ0) is 7.84. The van der Waals surface area contributed by atoms with E-state index in [4.69, 9.17) is 0 Å². The largest absolute Gasteiger partial charge is 0.261 e. The first-order chi connectivity index (χ1) is 5.25. The molecule has 0 fully saturated rings. The third-order valence-corrected chi connectivity index (χ3v) is 2.59. The molecule has 0 atom stereocenters. The van der Waals surface area contributed by atoms with Crippen molar-refractivity contribution in [1.82, 2.24) is 8.10 Å². The van der Waals surface area contributed by atoms with Gasteiger partial charge in [0.15, 0.2) is 0 Å². The molecule has 0 radical (unpaired) electrons. The van der Waals surface area contributed by atoms with E-state index in [1.807, 2.05) is 13.1 Å². The number of hydrogen-bond donors (Lipinski definition) is 0. The van der Waals surface area contributed by atoms with Gasteiger partial charge in [-0.2, -0.15) is 0 Å². The van der Waals surface area contributed by atoms with Crippen LogP contribution in [0.3, 0.4) is 0 Å². The number of pyridine rings is 1. The first kappa shape index (κ1) is 7.49. The zero-order valence-corrected chi connectivity index (χ0v) is 8.50. The molecule has 0 unspecified atom stereocenters. The van der Waals surface area contributed by atoms with Gasteiger partial charge in [-0.05, 0) is 24.1 Å². The van der Waals surface area contributed by atoms with Crippen molar-refractivity contribution in [3.05, 3.63) is 29.1 Å². The average Bonchev–Trinajstić information content (AvgIpc) is 2.27. The Morgan fingerprint density at radius 2 is 2.18 bits per heavy atom. The summed E-state index contributed by atoms with van der Waals surface area (Å²) in [5.74, 6) is 0. The molecule has 2 rings (SSSR count). The van der Waals surface area contributed by atoms with Crippen molar-refractivity contribution in [1.29, 1.82) is 0 Å². The summed E-state index contributed by atoms with van der Waals surface area (Å²) >= 11 is 2.34. The normalized spacial score (nSPS) is 16.9. The Kier molecular flexibility index (Phi) is 1.85. The van der Waals surface area contributed by atoms with Crippen LogP contribution in [0.1, 0.15) is 16.8 Å². The van der Waals surface area contributed by atoms with Crippen LogP contribution in [-0.4, -0.2) is 8.10 Å². The number of hydrogen-bond acceptors (Lipinski definition) is 2. The van der Waals surface area contributed by atoms with Gasteiger partial charge in [0.2, 0.25) is 0 Å². The maximum absolute atomic E-state index is 4.26. The molecule has 0 saturated heterocycles. The van der Waals surface area contributed by atoms with Crippen LogP contribution < -0.4 is 0 Å². The Morgan fingerprint density at radius 3 is 3.00 bits per heavy atom. The van der Waals surface area contributed by atoms with E-state index in [0.717, 1.165) is 18.8 Å². The van der Waals surface area contributed by atoms with Crippen molar-refractivity contribution in [2.45, 2.75) is 20.0 Å². The molecule has 2 nitrogen and oxygen atoms in total. The molecule has 3 heteroatoms. The summed E-state index contributed by atoms with van der Waals surface area (Å²) < 4.78 is 2.27. The minimum atomic E-state index is 1.04. The van der Waals surface area contributed by atoms with Crippen LogP contribution in [0.25, 0.3) is 0 Å². The summed E-state index contributed by atoms with van der Waals surface area (Å²) in [5.41, 5.74) is 3.94. The Hall–Kier alpha value is -0.160. The van der Waals surface area contributed by atoms with Gasteiger partial charge in [-0.3, -0.25) is 4.98 Å². The van der Waals surface area contributed by atoms with Gasteiger partial charge < -0.3 is 0 Å². The highest BCUT2D eigenvalue weighted by molar-refractivity contribution is 14.1. The van der Waals surface area contributed by atoms with Crippen molar-refractivity contribution in [2.24, 2.45) is 0 Å². The van der Waals surface area contributed by atoms with E-state index >= 15 is 0 Å². The number of fused-ring (bicyclic) bond motifs is 1. The SMILES string of the molecule is Cc1cc2c(cn1)CN(I)C2. The number of halogens is 1. The molecule has 1 aromatic heterocycles. The van der Waals surface area contributed by atoms with Crippen molar-refractivity contribution in [2.75, 3.05) is 0 Å². The van der Waals surface area contributed by atoms with Crippen LogP contribution in [0.2, 0.25) is 0 Å². The Labute approximate surface area is 80.1 Å². The summed E-state index contributed by atoms with van der Waals surface area (Å²) in [4.78, 5) is 4.26. The topological polar surface area (TPSA) is 16.1 Å². The minimum Gasteiger partial charge on any atom is -0.261 e. The molecule has 2 heterocycles.